The minimum absolute atomic E-state index is 0.366. The Morgan fingerprint density at radius 3 is 2.62 bits per heavy atom. The van der Waals surface area contributed by atoms with Crippen LogP contribution in [0.2, 0.25) is 0 Å². The largest absolute Gasteiger partial charge is 0.493 e. The highest BCUT2D eigenvalue weighted by molar-refractivity contribution is 5.66. The molecule has 1 fully saturated rings. The second kappa shape index (κ2) is 9.12. The summed E-state index contributed by atoms with van der Waals surface area (Å²) in [5.74, 6) is 1.87. The topological polar surface area (TPSA) is 62.2 Å². The summed E-state index contributed by atoms with van der Waals surface area (Å²) < 4.78 is 11.2. The number of hydrogen-bond donors (Lipinski definition) is 1. The summed E-state index contributed by atoms with van der Waals surface area (Å²) in [7, 11) is 1.64. The highest BCUT2D eigenvalue weighted by Gasteiger charge is 2.30. The van der Waals surface area contributed by atoms with Crippen LogP contribution in [-0.2, 0) is 0 Å². The van der Waals surface area contributed by atoms with Gasteiger partial charge in [0.05, 0.1) is 7.11 Å². The molecule has 26 heavy (non-hydrogen) atoms. The van der Waals surface area contributed by atoms with E-state index in [-0.39, 0.29) is 5.54 Å². The van der Waals surface area contributed by atoms with Crippen LogP contribution in [-0.4, -0.2) is 66.4 Å². The van der Waals surface area contributed by atoms with E-state index in [1.807, 2.05) is 45.0 Å². The van der Waals surface area contributed by atoms with Gasteiger partial charge in [-0.05, 0) is 58.2 Å². The van der Waals surface area contributed by atoms with Crippen molar-refractivity contribution < 1.29 is 19.4 Å². The Kier molecular flexibility index (Phi) is 7.14. The van der Waals surface area contributed by atoms with Gasteiger partial charge in [0.2, 0.25) is 0 Å². The Balaban J connectivity index is 1.83. The van der Waals surface area contributed by atoms with Gasteiger partial charge in [0.25, 0.3) is 0 Å². The first-order valence-corrected chi connectivity index (χ1v) is 9.30. The Labute approximate surface area is 156 Å². The molecule has 2 rings (SSSR count). The van der Waals surface area contributed by atoms with Crippen molar-refractivity contribution in [2.75, 3.05) is 39.9 Å². The number of ether oxygens (including phenoxy) is 2. The van der Waals surface area contributed by atoms with E-state index in [0.717, 1.165) is 44.0 Å². The number of methoxy groups -OCH3 is 1. The van der Waals surface area contributed by atoms with Crippen LogP contribution in [0.4, 0.5) is 4.79 Å². The van der Waals surface area contributed by atoms with Crippen LogP contribution < -0.4 is 9.47 Å². The number of carbonyl (C=O) groups is 1. The number of rotatable bonds is 7. The average molecular weight is 364 g/mol. The number of benzene rings is 1. The number of hydrogen-bond acceptors (Lipinski definition) is 4. The Morgan fingerprint density at radius 1 is 1.31 bits per heavy atom. The molecule has 1 aliphatic rings. The third-order valence-electron chi connectivity index (χ3n) is 4.82. The summed E-state index contributed by atoms with van der Waals surface area (Å²) in [6.45, 7) is 9.80. The lowest BCUT2D eigenvalue weighted by molar-refractivity contribution is 0.0675. The predicted molar refractivity (Wildman–Crippen MR) is 102 cm³/mol. The smallest absolute Gasteiger partial charge is 0.407 e. The molecule has 0 saturated carbocycles. The van der Waals surface area contributed by atoms with Gasteiger partial charge in [-0.1, -0.05) is 12.1 Å². The van der Waals surface area contributed by atoms with Crippen LogP contribution in [0.3, 0.4) is 0 Å². The molecule has 146 valence electrons. The molecule has 1 aromatic carbocycles. The lowest BCUT2D eigenvalue weighted by Crippen LogP contribution is -2.50. The van der Waals surface area contributed by atoms with Crippen LogP contribution in [0.15, 0.2) is 24.3 Å². The van der Waals surface area contributed by atoms with E-state index in [0.29, 0.717) is 19.1 Å². The van der Waals surface area contributed by atoms with Crippen molar-refractivity contribution in [3.05, 3.63) is 24.3 Å². The lowest BCUT2D eigenvalue weighted by atomic mass is 9.95. The monoisotopic (exact) mass is 364 g/mol. The molecule has 6 heteroatoms. The molecule has 1 N–H and O–H groups in total. The molecule has 1 atom stereocenters. The van der Waals surface area contributed by atoms with Gasteiger partial charge in [-0.2, -0.15) is 0 Å². The highest BCUT2D eigenvalue weighted by Crippen LogP contribution is 2.26. The molecular weight excluding hydrogens is 332 g/mol. The second-order valence-corrected chi connectivity index (χ2v) is 7.87. The summed E-state index contributed by atoms with van der Waals surface area (Å²) in [4.78, 5) is 15.5. The van der Waals surface area contributed by atoms with Gasteiger partial charge in [-0.3, -0.25) is 4.90 Å². The lowest BCUT2D eigenvalue weighted by Gasteiger charge is -2.39. The number of carboxylic acid groups (broad SMARTS) is 1. The van der Waals surface area contributed by atoms with Gasteiger partial charge in [-0.15, -0.1) is 0 Å². The fraction of sp³-hybridized carbons (Fsp3) is 0.650. The van der Waals surface area contributed by atoms with Crippen molar-refractivity contribution in [3.8, 4) is 11.5 Å². The van der Waals surface area contributed by atoms with Gasteiger partial charge in [0, 0.05) is 25.2 Å². The first-order valence-electron chi connectivity index (χ1n) is 9.30. The van der Waals surface area contributed by atoms with E-state index in [1.54, 1.807) is 12.0 Å². The number of piperidine rings is 1. The first-order chi connectivity index (χ1) is 12.3. The van der Waals surface area contributed by atoms with Crippen molar-refractivity contribution in [2.45, 2.75) is 39.2 Å². The average Bonchev–Trinajstić information content (AvgIpc) is 2.59. The van der Waals surface area contributed by atoms with Crippen molar-refractivity contribution in [1.29, 1.82) is 0 Å². The minimum atomic E-state index is -0.839. The zero-order valence-electron chi connectivity index (χ0n) is 16.4. The minimum Gasteiger partial charge on any atom is -0.493 e. The van der Waals surface area contributed by atoms with E-state index >= 15 is 0 Å². The Bertz CT molecular complexity index is 585. The SMILES string of the molecule is COc1ccccc1OCCN1CCCC(CN(C(=O)O)C(C)(C)C)C1. The second-order valence-electron chi connectivity index (χ2n) is 7.87. The maximum atomic E-state index is 11.6. The fourth-order valence-electron chi connectivity index (χ4n) is 3.42. The van der Waals surface area contributed by atoms with E-state index < -0.39 is 6.09 Å². The molecule has 0 radical (unpaired) electrons. The van der Waals surface area contributed by atoms with Gasteiger partial charge in [-0.25, -0.2) is 4.79 Å². The zero-order chi connectivity index (χ0) is 19.2. The van der Waals surface area contributed by atoms with Crippen molar-refractivity contribution >= 4 is 6.09 Å². The van der Waals surface area contributed by atoms with Gasteiger partial charge >= 0.3 is 6.09 Å². The van der Waals surface area contributed by atoms with E-state index in [1.165, 1.54) is 0 Å². The summed E-state index contributed by atoms with van der Waals surface area (Å²) in [6.07, 6.45) is 1.33. The van der Waals surface area contributed by atoms with E-state index in [4.69, 9.17) is 9.47 Å². The van der Waals surface area contributed by atoms with Gasteiger partial charge < -0.3 is 19.5 Å². The molecule has 1 aliphatic heterocycles. The molecule has 1 aromatic rings. The van der Waals surface area contributed by atoms with Crippen LogP contribution in [0, 0.1) is 5.92 Å². The molecule has 0 bridgehead atoms. The standard InChI is InChI=1S/C20H32N2O4/c1-20(2,3)22(19(23)24)15-16-8-7-11-21(14-16)12-13-26-18-10-6-5-9-17(18)25-4/h5-6,9-10,16H,7-8,11-15H2,1-4H3,(H,23,24). The number of para-hydroxylation sites is 2. The third-order valence-corrected chi connectivity index (χ3v) is 4.82. The van der Waals surface area contributed by atoms with Crippen molar-refractivity contribution in [3.63, 3.8) is 0 Å². The van der Waals surface area contributed by atoms with Crippen LogP contribution in [0.5, 0.6) is 11.5 Å². The fourth-order valence-corrected chi connectivity index (χ4v) is 3.42. The molecule has 6 nitrogen and oxygen atoms in total. The summed E-state index contributed by atoms with van der Waals surface area (Å²) in [6, 6.07) is 7.65. The highest BCUT2D eigenvalue weighted by atomic mass is 16.5. The number of likely N-dealkylation sites (tertiary alicyclic amines) is 1. The summed E-state index contributed by atoms with van der Waals surface area (Å²) in [5.41, 5.74) is -0.374. The molecule has 0 spiro atoms. The van der Waals surface area contributed by atoms with Crippen molar-refractivity contribution in [1.82, 2.24) is 9.80 Å². The van der Waals surface area contributed by atoms with Gasteiger partial charge in [0.1, 0.15) is 6.61 Å². The Morgan fingerprint density at radius 2 is 2.00 bits per heavy atom. The quantitative estimate of drug-likeness (QED) is 0.801. The number of amides is 1. The van der Waals surface area contributed by atoms with Crippen LogP contribution >= 0.6 is 0 Å². The van der Waals surface area contributed by atoms with Crippen LogP contribution in [0.1, 0.15) is 33.6 Å². The van der Waals surface area contributed by atoms with E-state index in [2.05, 4.69) is 4.90 Å². The molecular formula is C20H32N2O4. The zero-order valence-corrected chi connectivity index (χ0v) is 16.4. The normalized spacial score (nSPS) is 18.4. The Hall–Kier alpha value is -1.95. The first kappa shape index (κ1) is 20.4. The molecule has 0 aromatic heterocycles. The number of nitrogens with zero attached hydrogens (tertiary/aromatic N) is 2. The molecule has 1 amide bonds. The maximum absolute atomic E-state index is 11.6. The molecule has 1 saturated heterocycles. The van der Waals surface area contributed by atoms with Gasteiger partial charge in [0.15, 0.2) is 11.5 Å². The molecule has 1 heterocycles. The van der Waals surface area contributed by atoms with Crippen LogP contribution in [0.25, 0.3) is 0 Å². The molecule has 0 aliphatic carbocycles. The molecule has 1 unspecified atom stereocenters. The maximum Gasteiger partial charge on any atom is 0.407 e. The van der Waals surface area contributed by atoms with Crippen molar-refractivity contribution in [2.24, 2.45) is 5.92 Å². The predicted octanol–water partition coefficient (Wildman–Crippen LogP) is 3.56. The summed E-state index contributed by atoms with van der Waals surface area (Å²) >= 11 is 0. The third kappa shape index (κ3) is 5.80. The summed E-state index contributed by atoms with van der Waals surface area (Å²) in [5, 5.41) is 9.50. The van der Waals surface area contributed by atoms with E-state index in [9.17, 15) is 9.90 Å².